The molecule has 2 unspecified atom stereocenters. The third kappa shape index (κ3) is 4.54. The number of rotatable bonds is 6. The minimum atomic E-state index is -0.478. The van der Waals surface area contributed by atoms with E-state index >= 15 is 0 Å². The molecule has 8 nitrogen and oxygen atoms in total. The van der Waals surface area contributed by atoms with E-state index in [-0.39, 0.29) is 31.3 Å². The number of amides is 1. The highest BCUT2D eigenvalue weighted by Gasteiger charge is 2.27. The maximum atomic E-state index is 12.8. The minimum Gasteiger partial charge on any atom is -0.497 e. The Bertz CT molecular complexity index is 897. The molecule has 0 aliphatic carbocycles. The van der Waals surface area contributed by atoms with Gasteiger partial charge in [0.15, 0.2) is 5.69 Å². The number of fused-ring (bicyclic) bond motifs is 1. The average molecular weight is 403 g/mol. The molecule has 2 heterocycles. The van der Waals surface area contributed by atoms with Crippen molar-refractivity contribution < 1.29 is 23.8 Å². The Kier molecular flexibility index (Phi) is 6.44. The van der Waals surface area contributed by atoms with Crippen LogP contribution in [0.5, 0.6) is 5.75 Å². The van der Waals surface area contributed by atoms with E-state index in [1.165, 1.54) is 0 Å². The van der Waals surface area contributed by atoms with Crippen molar-refractivity contribution in [3.63, 3.8) is 0 Å². The zero-order valence-corrected chi connectivity index (χ0v) is 17.7. The Morgan fingerprint density at radius 2 is 1.93 bits per heavy atom. The normalized spacial score (nSPS) is 19.9. The van der Waals surface area contributed by atoms with Crippen molar-refractivity contribution >= 4 is 28.5 Å². The van der Waals surface area contributed by atoms with Gasteiger partial charge in [0, 0.05) is 25.5 Å². The lowest BCUT2D eigenvalue weighted by Gasteiger charge is -2.34. The first-order chi connectivity index (χ1) is 13.8. The topological polar surface area (TPSA) is 82.0 Å². The SMILES string of the molecule is CCOC(=O)c1c(NC(=O)CN2CC(C)OC(C)C2)c2cc(OC)ccc2n1C. The molecular weight excluding hydrogens is 374 g/mol. The van der Waals surface area contributed by atoms with Crippen LogP contribution in [-0.4, -0.2) is 66.9 Å². The van der Waals surface area contributed by atoms with Gasteiger partial charge in [0.05, 0.1) is 43.7 Å². The number of carbonyl (C=O) groups is 2. The third-order valence-electron chi connectivity index (χ3n) is 5.00. The predicted molar refractivity (Wildman–Crippen MR) is 111 cm³/mol. The summed E-state index contributed by atoms with van der Waals surface area (Å²) in [4.78, 5) is 27.5. The molecule has 2 aromatic rings. The maximum absolute atomic E-state index is 12.8. The van der Waals surface area contributed by atoms with Gasteiger partial charge in [-0.25, -0.2) is 4.79 Å². The van der Waals surface area contributed by atoms with Gasteiger partial charge in [-0.2, -0.15) is 0 Å². The smallest absolute Gasteiger partial charge is 0.357 e. The molecule has 1 amide bonds. The summed E-state index contributed by atoms with van der Waals surface area (Å²) in [7, 11) is 3.36. The van der Waals surface area contributed by atoms with Crippen molar-refractivity contribution in [3.8, 4) is 5.75 Å². The number of nitrogens with one attached hydrogen (secondary N) is 1. The summed E-state index contributed by atoms with van der Waals surface area (Å²) in [5, 5.41) is 3.67. The van der Waals surface area contributed by atoms with Gasteiger partial charge in [-0.1, -0.05) is 0 Å². The number of carbonyl (C=O) groups excluding carboxylic acids is 2. The number of esters is 1. The van der Waals surface area contributed by atoms with Crippen LogP contribution >= 0.6 is 0 Å². The standard InChI is InChI=1S/C21H29N3O5/c1-6-28-21(26)20-19(16-9-15(27-5)7-8-17(16)23(20)4)22-18(25)12-24-10-13(2)29-14(3)11-24/h7-9,13-14H,6,10-12H2,1-5H3,(H,22,25). The summed E-state index contributed by atoms with van der Waals surface area (Å²) >= 11 is 0. The van der Waals surface area contributed by atoms with Crippen LogP contribution in [-0.2, 0) is 21.3 Å². The van der Waals surface area contributed by atoms with Crippen LogP contribution in [0, 0.1) is 0 Å². The second-order valence-corrected chi connectivity index (χ2v) is 7.39. The van der Waals surface area contributed by atoms with E-state index in [0.717, 1.165) is 10.9 Å². The van der Waals surface area contributed by atoms with E-state index < -0.39 is 5.97 Å². The molecule has 1 saturated heterocycles. The van der Waals surface area contributed by atoms with Gasteiger partial charge in [-0.3, -0.25) is 9.69 Å². The number of nitrogens with zero attached hydrogens (tertiary/aromatic N) is 2. The molecular formula is C21H29N3O5. The Balaban J connectivity index is 1.92. The lowest BCUT2D eigenvalue weighted by atomic mass is 10.2. The van der Waals surface area contributed by atoms with Crippen molar-refractivity contribution in [3.05, 3.63) is 23.9 Å². The lowest BCUT2D eigenvalue weighted by Crippen LogP contribution is -2.48. The quantitative estimate of drug-likeness (QED) is 0.746. The molecule has 0 bridgehead atoms. The summed E-state index contributed by atoms with van der Waals surface area (Å²) in [5.41, 5.74) is 1.56. The molecule has 158 valence electrons. The molecule has 1 aromatic heterocycles. The first-order valence-electron chi connectivity index (χ1n) is 9.85. The first kappa shape index (κ1) is 21.1. The van der Waals surface area contributed by atoms with Crippen molar-refractivity contribution in [1.29, 1.82) is 0 Å². The minimum absolute atomic E-state index is 0.0726. The van der Waals surface area contributed by atoms with Gasteiger partial charge < -0.3 is 24.1 Å². The molecule has 3 rings (SSSR count). The van der Waals surface area contributed by atoms with Crippen LogP contribution in [0.15, 0.2) is 18.2 Å². The number of morpholine rings is 1. The number of aryl methyl sites for hydroxylation is 1. The monoisotopic (exact) mass is 403 g/mol. The number of ether oxygens (including phenoxy) is 3. The zero-order chi connectivity index (χ0) is 21.1. The van der Waals surface area contributed by atoms with Gasteiger partial charge in [0.1, 0.15) is 5.75 Å². The van der Waals surface area contributed by atoms with Crippen molar-refractivity contribution in [2.24, 2.45) is 7.05 Å². The molecule has 0 spiro atoms. The Hall–Kier alpha value is -2.58. The molecule has 1 N–H and O–H groups in total. The molecule has 8 heteroatoms. The number of aromatic nitrogens is 1. The molecule has 1 aromatic carbocycles. The molecule has 0 radical (unpaired) electrons. The van der Waals surface area contributed by atoms with Crippen LogP contribution in [0.3, 0.4) is 0 Å². The van der Waals surface area contributed by atoms with E-state index in [9.17, 15) is 9.59 Å². The van der Waals surface area contributed by atoms with Gasteiger partial charge in [0.2, 0.25) is 5.91 Å². The number of hydrogen-bond acceptors (Lipinski definition) is 6. The second kappa shape index (κ2) is 8.84. The molecule has 0 saturated carbocycles. The largest absolute Gasteiger partial charge is 0.497 e. The van der Waals surface area contributed by atoms with Gasteiger partial charge in [0.25, 0.3) is 0 Å². The van der Waals surface area contributed by atoms with Crippen LogP contribution in [0.25, 0.3) is 10.9 Å². The van der Waals surface area contributed by atoms with Crippen molar-refractivity contribution in [2.45, 2.75) is 33.0 Å². The fraction of sp³-hybridized carbons (Fsp3) is 0.524. The van der Waals surface area contributed by atoms with Crippen molar-refractivity contribution in [1.82, 2.24) is 9.47 Å². The van der Waals surface area contributed by atoms with E-state index in [0.29, 0.717) is 30.2 Å². The number of anilines is 1. The van der Waals surface area contributed by atoms with E-state index in [2.05, 4.69) is 10.2 Å². The average Bonchev–Trinajstić information content (AvgIpc) is 2.92. The van der Waals surface area contributed by atoms with E-state index in [1.807, 2.05) is 32.0 Å². The molecule has 1 aliphatic rings. The number of hydrogen-bond donors (Lipinski definition) is 1. The predicted octanol–water partition coefficient (Wildman–Crippen LogP) is 2.41. The van der Waals surface area contributed by atoms with Gasteiger partial charge >= 0.3 is 5.97 Å². The maximum Gasteiger partial charge on any atom is 0.357 e. The Morgan fingerprint density at radius 1 is 1.24 bits per heavy atom. The Morgan fingerprint density at radius 3 is 2.55 bits per heavy atom. The molecule has 1 fully saturated rings. The van der Waals surface area contributed by atoms with Gasteiger partial charge in [-0.15, -0.1) is 0 Å². The fourth-order valence-corrected chi connectivity index (χ4v) is 3.91. The van der Waals surface area contributed by atoms with Crippen LogP contribution < -0.4 is 10.1 Å². The fourth-order valence-electron chi connectivity index (χ4n) is 3.91. The summed E-state index contributed by atoms with van der Waals surface area (Å²) in [6, 6.07) is 5.49. The first-order valence-corrected chi connectivity index (χ1v) is 9.85. The molecule has 29 heavy (non-hydrogen) atoms. The summed E-state index contributed by atoms with van der Waals surface area (Å²) in [6.07, 6.45) is 0.145. The van der Waals surface area contributed by atoms with Crippen LogP contribution in [0.4, 0.5) is 5.69 Å². The van der Waals surface area contributed by atoms with Gasteiger partial charge in [-0.05, 0) is 39.0 Å². The second-order valence-electron chi connectivity index (χ2n) is 7.39. The third-order valence-corrected chi connectivity index (χ3v) is 5.00. The van der Waals surface area contributed by atoms with E-state index in [1.54, 1.807) is 25.6 Å². The number of methoxy groups -OCH3 is 1. The van der Waals surface area contributed by atoms with E-state index in [4.69, 9.17) is 14.2 Å². The highest BCUT2D eigenvalue weighted by atomic mass is 16.5. The number of benzene rings is 1. The zero-order valence-electron chi connectivity index (χ0n) is 17.7. The molecule has 1 aliphatic heterocycles. The van der Waals surface area contributed by atoms with Crippen molar-refractivity contribution in [2.75, 3.05) is 38.7 Å². The molecule has 2 atom stereocenters. The highest BCUT2D eigenvalue weighted by molar-refractivity contribution is 6.12. The summed E-state index contributed by atoms with van der Waals surface area (Å²) < 4.78 is 18.0. The van der Waals surface area contributed by atoms with Crippen LogP contribution in [0.2, 0.25) is 0 Å². The highest BCUT2D eigenvalue weighted by Crippen LogP contribution is 2.33. The summed E-state index contributed by atoms with van der Waals surface area (Å²) in [6.45, 7) is 7.59. The summed E-state index contributed by atoms with van der Waals surface area (Å²) in [5.74, 6) is -0.0221. The van der Waals surface area contributed by atoms with Crippen LogP contribution in [0.1, 0.15) is 31.3 Å². The Labute approximate surface area is 170 Å². The lowest BCUT2D eigenvalue weighted by molar-refractivity contribution is -0.121.